The molecule has 0 N–H and O–H groups in total. The van der Waals surface area contributed by atoms with Crippen molar-refractivity contribution in [1.29, 1.82) is 0 Å². The molecule has 0 spiro atoms. The van der Waals surface area contributed by atoms with Crippen LogP contribution in [0.25, 0.3) is 0 Å². The van der Waals surface area contributed by atoms with Crippen molar-refractivity contribution in [2.45, 2.75) is 262 Å². The van der Waals surface area contributed by atoms with Gasteiger partial charge in [0, 0.05) is 10.8 Å². The lowest BCUT2D eigenvalue weighted by Crippen LogP contribution is -2.58. The summed E-state index contributed by atoms with van der Waals surface area (Å²) in [4.78, 5) is 28.0. The summed E-state index contributed by atoms with van der Waals surface area (Å²) in [5, 5.41) is 0. The second kappa shape index (κ2) is 20.6. The summed E-state index contributed by atoms with van der Waals surface area (Å²) in [6, 6.07) is 0. The number of rotatable bonds is 17. The van der Waals surface area contributed by atoms with Crippen molar-refractivity contribution in [3.8, 4) is 0 Å². The predicted molar refractivity (Wildman–Crippen MR) is 273 cm³/mol. The molecule has 66 heavy (non-hydrogen) atoms. The molecule has 0 radical (unpaired) electrons. The summed E-state index contributed by atoms with van der Waals surface area (Å²) < 4.78 is 13.4. The number of ether oxygens (including phenoxy) is 2. The Morgan fingerprint density at radius 1 is 0.470 bits per heavy atom. The largest absolute Gasteiger partial charge is 0.462 e. The number of carbonyl (C=O) groups is 2. The maximum absolute atomic E-state index is 14.0. The lowest BCUT2D eigenvalue weighted by Gasteiger charge is -2.62. The van der Waals surface area contributed by atoms with E-state index in [9.17, 15) is 9.59 Å². The number of esters is 2. The molecule has 0 amide bonds. The van der Waals surface area contributed by atoms with Crippen LogP contribution in [-0.2, 0) is 19.1 Å². The van der Waals surface area contributed by atoms with Crippen molar-refractivity contribution >= 4 is 11.9 Å². The third kappa shape index (κ3) is 9.21. The summed E-state index contributed by atoms with van der Waals surface area (Å²) in [7, 11) is 0. The van der Waals surface area contributed by atoms with E-state index in [1.165, 1.54) is 128 Å². The molecular weight excluding hydrogens is 809 g/mol. The summed E-state index contributed by atoms with van der Waals surface area (Å²) in [5.41, 5.74) is 1.02. The average Bonchev–Trinajstić information content (AvgIpc) is 3.83. The molecule has 0 aromatic heterocycles. The second-order valence-electron chi connectivity index (χ2n) is 27.7. The predicted octanol–water partition coefficient (Wildman–Crippen LogP) is 17.1. The molecular formula is C62H106O4. The van der Waals surface area contributed by atoms with E-state index in [1.54, 1.807) is 0 Å². The van der Waals surface area contributed by atoms with E-state index in [1.807, 2.05) is 0 Å². The Hall–Kier alpha value is -1.06. The molecule has 8 aliphatic carbocycles. The second-order valence-corrected chi connectivity index (χ2v) is 27.7. The lowest BCUT2D eigenvalue weighted by molar-refractivity contribution is -0.196. The number of hydrogen-bond acceptors (Lipinski definition) is 4. The van der Waals surface area contributed by atoms with Gasteiger partial charge in [-0.15, -0.1) is 0 Å². The van der Waals surface area contributed by atoms with Gasteiger partial charge in [0.1, 0.15) is 12.2 Å². The fourth-order valence-corrected chi connectivity index (χ4v) is 20.9. The van der Waals surface area contributed by atoms with Crippen LogP contribution in [0.15, 0.2) is 0 Å². The van der Waals surface area contributed by atoms with Crippen LogP contribution < -0.4 is 0 Å². The van der Waals surface area contributed by atoms with Crippen LogP contribution in [0.1, 0.15) is 250 Å². The van der Waals surface area contributed by atoms with Gasteiger partial charge in [-0.05, 0) is 234 Å². The van der Waals surface area contributed by atoms with Crippen molar-refractivity contribution in [3.05, 3.63) is 0 Å². The fourth-order valence-electron chi connectivity index (χ4n) is 20.9. The zero-order chi connectivity index (χ0) is 47.3. The molecule has 8 saturated carbocycles. The molecule has 4 nitrogen and oxygen atoms in total. The third-order valence-corrected chi connectivity index (χ3v) is 24.9. The maximum Gasteiger partial charge on any atom is 0.306 e. The minimum atomic E-state index is -0.153. The Morgan fingerprint density at radius 2 is 0.864 bits per heavy atom. The van der Waals surface area contributed by atoms with Gasteiger partial charge in [0.05, 0.1) is 12.8 Å². The van der Waals surface area contributed by atoms with Crippen molar-refractivity contribution < 1.29 is 19.1 Å². The molecule has 0 aromatic rings. The first-order valence-electron chi connectivity index (χ1n) is 29.8. The number of hydrogen-bond donors (Lipinski definition) is 0. The van der Waals surface area contributed by atoms with Gasteiger partial charge in [-0.25, -0.2) is 0 Å². The van der Waals surface area contributed by atoms with E-state index >= 15 is 0 Å². The third-order valence-electron chi connectivity index (χ3n) is 24.9. The Bertz CT molecular complexity index is 1520. The topological polar surface area (TPSA) is 52.6 Å². The molecule has 8 rings (SSSR count). The highest BCUT2D eigenvalue weighted by Gasteiger charge is 2.65. The van der Waals surface area contributed by atoms with E-state index in [-0.39, 0.29) is 47.8 Å². The first-order chi connectivity index (χ1) is 31.4. The molecule has 8 aliphatic rings. The molecule has 378 valence electrons. The van der Waals surface area contributed by atoms with Crippen LogP contribution in [0.5, 0.6) is 0 Å². The SMILES string of the molecule is CC[C@H](CC[C@@H](C)[C@H]1CC[C@H]2[C@@H]3CCC4CCCC(OC(=O)CCC(=O)OC5CCCC6CC[C@@H]7[C@H](CC[C@]8(C)[C@@H]([C@H](C)CC[C@@H](CC)C(C)C)CC[C@@H]78)[C@]65C)[C@]4(C)[C@H]3CC[C@]12C)C(C)C. The molecule has 0 bridgehead atoms. The van der Waals surface area contributed by atoms with Gasteiger partial charge in [-0.2, -0.15) is 0 Å². The fraction of sp³-hybridized carbons (Fsp3) is 0.968. The molecule has 4 heteroatoms. The van der Waals surface area contributed by atoms with Crippen LogP contribution in [0.2, 0.25) is 0 Å². The zero-order valence-electron chi connectivity index (χ0n) is 45.4. The summed E-state index contributed by atoms with van der Waals surface area (Å²) in [6.07, 6.45) is 31.7. The van der Waals surface area contributed by atoms with Gasteiger partial charge in [0.25, 0.3) is 0 Å². The number of carbonyl (C=O) groups excluding carboxylic acids is 2. The monoisotopic (exact) mass is 915 g/mol. The van der Waals surface area contributed by atoms with E-state index in [2.05, 4.69) is 83.1 Å². The van der Waals surface area contributed by atoms with E-state index in [0.717, 1.165) is 96.7 Å². The highest BCUT2D eigenvalue weighted by molar-refractivity contribution is 5.78. The maximum atomic E-state index is 14.0. The molecule has 0 saturated heterocycles. The zero-order valence-corrected chi connectivity index (χ0v) is 45.4. The molecule has 0 heterocycles. The van der Waals surface area contributed by atoms with Gasteiger partial charge in [0.2, 0.25) is 0 Å². The van der Waals surface area contributed by atoms with Crippen molar-refractivity contribution in [2.75, 3.05) is 0 Å². The normalized spacial score (nSPS) is 44.8. The first-order valence-corrected chi connectivity index (χ1v) is 29.8. The van der Waals surface area contributed by atoms with Crippen LogP contribution >= 0.6 is 0 Å². The highest BCUT2D eigenvalue weighted by atomic mass is 16.6. The van der Waals surface area contributed by atoms with Crippen LogP contribution in [0, 0.1) is 116 Å². The van der Waals surface area contributed by atoms with Gasteiger partial charge in [-0.3, -0.25) is 9.59 Å². The minimum Gasteiger partial charge on any atom is -0.462 e. The molecule has 0 aromatic carbocycles. The van der Waals surface area contributed by atoms with Gasteiger partial charge in [-0.1, -0.05) is 109 Å². The summed E-state index contributed by atoms with van der Waals surface area (Å²) in [5.74, 6) is 12.1. The van der Waals surface area contributed by atoms with Gasteiger partial charge in [0.15, 0.2) is 0 Å². The summed E-state index contributed by atoms with van der Waals surface area (Å²) in [6.45, 7) is 30.2. The first kappa shape index (κ1) is 51.3. The Labute approximate surface area is 408 Å². The number of fused-ring (bicyclic) bond motifs is 10. The summed E-state index contributed by atoms with van der Waals surface area (Å²) >= 11 is 0. The highest BCUT2D eigenvalue weighted by Crippen LogP contribution is 2.71. The Balaban J connectivity index is 0.866. The van der Waals surface area contributed by atoms with Crippen molar-refractivity contribution in [3.63, 3.8) is 0 Å². The van der Waals surface area contributed by atoms with Crippen LogP contribution in [-0.4, -0.2) is 24.1 Å². The van der Waals surface area contributed by atoms with Crippen LogP contribution in [0.4, 0.5) is 0 Å². The average molecular weight is 916 g/mol. The molecule has 8 fully saturated rings. The smallest absolute Gasteiger partial charge is 0.306 e. The van der Waals surface area contributed by atoms with E-state index < -0.39 is 0 Å². The lowest BCUT2D eigenvalue weighted by atomic mass is 9.44. The van der Waals surface area contributed by atoms with Gasteiger partial charge < -0.3 is 9.47 Å². The van der Waals surface area contributed by atoms with Gasteiger partial charge >= 0.3 is 11.9 Å². The van der Waals surface area contributed by atoms with E-state index in [0.29, 0.717) is 34.5 Å². The van der Waals surface area contributed by atoms with E-state index in [4.69, 9.17) is 9.47 Å². The molecule has 4 unspecified atom stereocenters. The molecule has 20 atom stereocenters. The standard InChI is InChI=1S/C62H106O4/c1-13-43(39(3)4)23-21-41(7)49-29-31-51-47-27-25-45-17-15-19-55(61(45,11)53(47)35-37-59(49,51)9)65-57(63)33-34-58(64)66-56-20-16-18-46-26-28-48-52-32-30-50(42(8)22-24-44(14-2)40(5)6)60(52,10)38-36-54(48)62(46,56)12/h39-56H,13-38H2,1-12H3/t41-,42-,43-,44-,45?,46?,47+,48+,49-,50-,51+,52+,53+,54+,55?,56?,59-,60-,61+,62+/m1/s1. The quantitative estimate of drug-likeness (QED) is 0.136. The Kier molecular flexibility index (Phi) is 16.0. The Morgan fingerprint density at radius 3 is 1.23 bits per heavy atom. The minimum absolute atomic E-state index is 0.0179. The molecule has 0 aliphatic heterocycles. The van der Waals surface area contributed by atoms with Crippen molar-refractivity contribution in [2.24, 2.45) is 116 Å². The van der Waals surface area contributed by atoms with Crippen molar-refractivity contribution in [1.82, 2.24) is 0 Å². The van der Waals surface area contributed by atoms with Crippen LogP contribution in [0.3, 0.4) is 0 Å².